The van der Waals surface area contributed by atoms with Crippen LogP contribution in [-0.4, -0.2) is 15.0 Å². The molecule has 5 nitrogen and oxygen atoms in total. The first-order chi connectivity index (χ1) is 21.3. The van der Waals surface area contributed by atoms with Gasteiger partial charge in [0, 0.05) is 38.5 Å². The molecule has 0 saturated heterocycles. The van der Waals surface area contributed by atoms with Crippen LogP contribution in [0.3, 0.4) is 0 Å². The molecule has 3 N–H and O–H groups in total. The standard InChI is InChI=1S/C38H29N5/c39-38(27-13-3-1-4-14-27)41-40-25-26-12-11-17-29(22-26)43-35-21-10-8-19-31(35)33-23-32-30-18-7-9-20-34(30)42(36(32)24-37(33)43)28-15-5-2-6-16-28/h1-24,40H,25H2,(H2,39,41). The van der Waals surface area contributed by atoms with Crippen molar-refractivity contribution in [1.29, 1.82) is 0 Å². The molecule has 43 heavy (non-hydrogen) atoms. The highest BCUT2D eigenvalue weighted by Crippen LogP contribution is 2.39. The van der Waals surface area contributed by atoms with Gasteiger partial charge in [0.1, 0.15) is 0 Å². The molecule has 0 amide bonds. The summed E-state index contributed by atoms with van der Waals surface area (Å²) >= 11 is 0. The SMILES string of the molecule is N/C(=N\NCc1cccc(-n2c3ccccc3c3cc4c5ccccc5n(-c5ccccc5)c4cc32)c1)c1ccccc1. The Labute approximate surface area is 249 Å². The van der Waals surface area contributed by atoms with E-state index < -0.39 is 0 Å². The van der Waals surface area contributed by atoms with Crippen molar-refractivity contribution in [2.24, 2.45) is 10.8 Å². The minimum Gasteiger partial charge on any atom is -0.382 e. The largest absolute Gasteiger partial charge is 0.382 e. The predicted octanol–water partition coefficient (Wildman–Crippen LogP) is 8.29. The van der Waals surface area contributed by atoms with Crippen molar-refractivity contribution < 1.29 is 0 Å². The van der Waals surface area contributed by atoms with Gasteiger partial charge in [-0.3, -0.25) is 0 Å². The van der Waals surface area contributed by atoms with Crippen LogP contribution in [0, 0.1) is 0 Å². The molecule has 0 spiro atoms. The minimum atomic E-state index is 0.469. The number of nitrogens with two attached hydrogens (primary N) is 1. The van der Waals surface area contributed by atoms with Crippen molar-refractivity contribution in [2.45, 2.75) is 6.54 Å². The number of nitrogens with zero attached hydrogens (tertiary/aromatic N) is 3. The molecular weight excluding hydrogens is 526 g/mol. The Morgan fingerprint density at radius 2 is 1.07 bits per heavy atom. The van der Waals surface area contributed by atoms with Crippen LogP contribution in [0.1, 0.15) is 11.1 Å². The Morgan fingerprint density at radius 3 is 1.74 bits per heavy atom. The number of hydrogen-bond acceptors (Lipinski definition) is 2. The van der Waals surface area contributed by atoms with Crippen molar-refractivity contribution in [3.05, 3.63) is 157 Å². The number of nitrogens with one attached hydrogen (secondary N) is 1. The second kappa shape index (κ2) is 10.2. The molecule has 8 aromatic rings. The molecule has 0 saturated carbocycles. The number of amidine groups is 1. The molecule has 0 aliphatic heterocycles. The van der Waals surface area contributed by atoms with Crippen molar-refractivity contribution in [3.8, 4) is 11.4 Å². The Balaban J connectivity index is 1.29. The van der Waals surface area contributed by atoms with E-state index in [2.05, 4.69) is 135 Å². The van der Waals surface area contributed by atoms with Gasteiger partial charge >= 0.3 is 0 Å². The molecule has 0 atom stereocenters. The van der Waals surface area contributed by atoms with Gasteiger partial charge in [-0.2, -0.15) is 5.10 Å². The van der Waals surface area contributed by atoms with E-state index in [0.717, 1.165) is 22.5 Å². The second-order valence-corrected chi connectivity index (χ2v) is 10.8. The van der Waals surface area contributed by atoms with E-state index in [1.807, 2.05) is 30.3 Å². The minimum absolute atomic E-state index is 0.469. The normalized spacial score (nSPS) is 12.0. The lowest BCUT2D eigenvalue weighted by molar-refractivity contribution is 0.742. The number of para-hydroxylation sites is 3. The van der Waals surface area contributed by atoms with Crippen LogP contribution in [0.15, 0.2) is 151 Å². The maximum absolute atomic E-state index is 6.20. The Morgan fingerprint density at radius 1 is 0.512 bits per heavy atom. The molecule has 206 valence electrons. The molecule has 0 aliphatic rings. The highest BCUT2D eigenvalue weighted by molar-refractivity contribution is 6.19. The van der Waals surface area contributed by atoms with Crippen molar-refractivity contribution in [2.75, 3.05) is 0 Å². The molecule has 6 aromatic carbocycles. The van der Waals surface area contributed by atoms with Gasteiger partial charge in [-0.05, 0) is 54.1 Å². The van der Waals surface area contributed by atoms with E-state index in [1.165, 1.54) is 43.6 Å². The first-order valence-corrected chi connectivity index (χ1v) is 14.5. The number of fused-ring (bicyclic) bond motifs is 6. The summed E-state index contributed by atoms with van der Waals surface area (Å²) in [5.74, 6) is 0.469. The predicted molar refractivity (Wildman–Crippen MR) is 179 cm³/mol. The van der Waals surface area contributed by atoms with E-state index in [4.69, 9.17) is 5.73 Å². The molecule has 5 heteroatoms. The third-order valence-electron chi connectivity index (χ3n) is 8.20. The van der Waals surface area contributed by atoms with Gasteiger partial charge in [0.05, 0.1) is 28.6 Å². The maximum atomic E-state index is 6.20. The molecule has 0 unspecified atom stereocenters. The smallest absolute Gasteiger partial charge is 0.150 e. The average Bonchev–Trinajstić information content (AvgIpc) is 3.56. The first kappa shape index (κ1) is 24.9. The highest BCUT2D eigenvalue weighted by Gasteiger charge is 2.18. The van der Waals surface area contributed by atoms with Crippen LogP contribution in [0.25, 0.3) is 55.0 Å². The average molecular weight is 556 g/mol. The lowest BCUT2D eigenvalue weighted by atomic mass is 10.1. The van der Waals surface area contributed by atoms with Gasteiger partial charge in [0.15, 0.2) is 5.84 Å². The maximum Gasteiger partial charge on any atom is 0.150 e. The van der Waals surface area contributed by atoms with Crippen molar-refractivity contribution in [3.63, 3.8) is 0 Å². The molecule has 0 bridgehead atoms. The summed E-state index contributed by atoms with van der Waals surface area (Å²) in [7, 11) is 0. The molecule has 2 aromatic heterocycles. The summed E-state index contributed by atoms with van der Waals surface area (Å²) in [6, 6.07) is 51.1. The highest BCUT2D eigenvalue weighted by atomic mass is 15.3. The number of aromatic nitrogens is 2. The van der Waals surface area contributed by atoms with Crippen LogP contribution >= 0.6 is 0 Å². The lowest BCUT2D eigenvalue weighted by Crippen LogP contribution is -2.18. The third-order valence-corrected chi connectivity index (χ3v) is 8.20. The second-order valence-electron chi connectivity index (χ2n) is 10.8. The topological polar surface area (TPSA) is 60.3 Å². The van der Waals surface area contributed by atoms with Crippen LogP contribution < -0.4 is 11.2 Å². The lowest BCUT2D eigenvalue weighted by Gasteiger charge is -2.11. The van der Waals surface area contributed by atoms with Crippen molar-refractivity contribution in [1.82, 2.24) is 14.6 Å². The van der Waals surface area contributed by atoms with E-state index >= 15 is 0 Å². The van der Waals surface area contributed by atoms with Gasteiger partial charge in [0.2, 0.25) is 0 Å². The zero-order chi connectivity index (χ0) is 28.8. The molecule has 0 aliphatic carbocycles. The molecule has 8 rings (SSSR count). The first-order valence-electron chi connectivity index (χ1n) is 14.5. The van der Waals surface area contributed by atoms with Crippen LogP contribution in [0.5, 0.6) is 0 Å². The van der Waals surface area contributed by atoms with E-state index in [9.17, 15) is 0 Å². The monoisotopic (exact) mass is 555 g/mol. The number of hydrogen-bond donors (Lipinski definition) is 2. The zero-order valence-corrected chi connectivity index (χ0v) is 23.5. The summed E-state index contributed by atoms with van der Waals surface area (Å²) in [6.45, 7) is 0.561. The Hall–Kier alpha value is -5.81. The fourth-order valence-corrected chi connectivity index (χ4v) is 6.26. The quantitative estimate of drug-likeness (QED) is 0.123. The molecule has 0 fully saturated rings. The Bertz CT molecular complexity index is 2290. The molecule has 0 radical (unpaired) electrons. The fourth-order valence-electron chi connectivity index (χ4n) is 6.26. The van der Waals surface area contributed by atoms with Gasteiger partial charge in [-0.25, -0.2) is 0 Å². The third kappa shape index (κ3) is 4.21. The van der Waals surface area contributed by atoms with E-state index in [0.29, 0.717) is 12.4 Å². The number of rotatable bonds is 6. The zero-order valence-electron chi connectivity index (χ0n) is 23.5. The van der Waals surface area contributed by atoms with Gasteiger partial charge < -0.3 is 20.3 Å². The van der Waals surface area contributed by atoms with Gasteiger partial charge in [0.25, 0.3) is 0 Å². The summed E-state index contributed by atoms with van der Waals surface area (Å²) in [4.78, 5) is 0. The van der Waals surface area contributed by atoms with Crippen LogP contribution in [0.4, 0.5) is 0 Å². The van der Waals surface area contributed by atoms with Crippen molar-refractivity contribution >= 4 is 49.4 Å². The van der Waals surface area contributed by atoms with E-state index in [-0.39, 0.29) is 0 Å². The Kier molecular flexibility index (Phi) is 5.93. The summed E-state index contributed by atoms with van der Waals surface area (Å²) < 4.78 is 4.75. The van der Waals surface area contributed by atoms with Gasteiger partial charge in [-0.1, -0.05) is 97.1 Å². The van der Waals surface area contributed by atoms with Crippen LogP contribution in [0.2, 0.25) is 0 Å². The summed E-state index contributed by atoms with van der Waals surface area (Å²) in [5, 5.41) is 9.39. The fraction of sp³-hybridized carbons (Fsp3) is 0.0263. The number of hydrazone groups is 1. The van der Waals surface area contributed by atoms with Gasteiger partial charge in [-0.15, -0.1) is 0 Å². The summed E-state index contributed by atoms with van der Waals surface area (Å²) in [5.41, 5.74) is 18.4. The van der Waals surface area contributed by atoms with Crippen LogP contribution in [-0.2, 0) is 6.54 Å². The molecule has 2 heterocycles. The summed E-state index contributed by atoms with van der Waals surface area (Å²) in [6.07, 6.45) is 0. The number of benzene rings is 6. The van der Waals surface area contributed by atoms with E-state index in [1.54, 1.807) is 0 Å². The molecular formula is C38H29N5.